The first-order valence-corrected chi connectivity index (χ1v) is 5.05. The van der Waals surface area contributed by atoms with Gasteiger partial charge in [0.15, 0.2) is 0 Å². The average Bonchev–Trinajstić information content (AvgIpc) is 2.62. The summed E-state index contributed by atoms with van der Waals surface area (Å²) >= 11 is 0. The highest BCUT2D eigenvalue weighted by atomic mass is 16.6. The van der Waals surface area contributed by atoms with Gasteiger partial charge < -0.3 is 0 Å². The fourth-order valence-electron chi connectivity index (χ4n) is 3.58. The lowest BCUT2D eigenvalue weighted by molar-refractivity contribution is -0.385. The van der Waals surface area contributed by atoms with Crippen LogP contribution in [-0.4, -0.2) is 4.92 Å². The fourth-order valence-corrected chi connectivity index (χ4v) is 3.58. The Morgan fingerprint density at radius 3 is 3.00 bits per heavy atom. The monoisotopic (exact) mass is 187 g/mol. The largest absolute Gasteiger partial charge is 0.269 e. The fraction of sp³-hybridized carbons (Fsp3) is 0.455. The predicted octanol–water partition coefficient (Wildman–Crippen LogP) is 2.43. The Balaban J connectivity index is 1.90. The van der Waals surface area contributed by atoms with Crippen molar-refractivity contribution in [1.29, 1.82) is 0 Å². The molecule has 0 bridgehead atoms. The van der Waals surface area contributed by atoms with Crippen LogP contribution in [0.3, 0.4) is 0 Å². The molecule has 4 rings (SSSR count). The van der Waals surface area contributed by atoms with E-state index in [2.05, 4.69) is 0 Å². The number of rotatable bonds is 1. The van der Waals surface area contributed by atoms with Crippen molar-refractivity contribution in [2.75, 3.05) is 0 Å². The maximum atomic E-state index is 10.6. The predicted molar refractivity (Wildman–Crippen MR) is 50.2 cm³/mol. The van der Waals surface area contributed by atoms with Crippen LogP contribution in [0.1, 0.15) is 29.4 Å². The lowest BCUT2D eigenvalue weighted by atomic mass is 9.78. The van der Waals surface area contributed by atoms with Crippen molar-refractivity contribution in [2.45, 2.75) is 18.3 Å². The van der Waals surface area contributed by atoms with Gasteiger partial charge in [-0.15, -0.1) is 0 Å². The number of nitrogens with zero attached hydrogens (tertiary/aromatic N) is 1. The first kappa shape index (κ1) is 6.98. The number of benzene rings is 1. The van der Waals surface area contributed by atoms with Crippen LogP contribution in [0.25, 0.3) is 0 Å². The van der Waals surface area contributed by atoms with Crippen LogP contribution in [0, 0.1) is 22.0 Å². The second-order valence-corrected chi connectivity index (χ2v) is 4.68. The zero-order valence-electron chi connectivity index (χ0n) is 7.51. The molecular formula is C11H9NO2. The van der Waals surface area contributed by atoms with Gasteiger partial charge in [0.25, 0.3) is 5.69 Å². The highest BCUT2D eigenvalue weighted by Crippen LogP contribution is 2.78. The molecule has 1 aromatic rings. The van der Waals surface area contributed by atoms with Crippen LogP contribution in [-0.2, 0) is 0 Å². The summed E-state index contributed by atoms with van der Waals surface area (Å²) in [4.78, 5) is 10.3. The van der Waals surface area contributed by atoms with Crippen molar-refractivity contribution in [1.82, 2.24) is 0 Å². The van der Waals surface area contributed by atoms with E-state index in [0.29, 0.717) is 5.92 Å². The van der Waals surface area contributed by atoms with Gasteiger partial charge in [0, 0.05) is 12.1 Å². The van der Waals surface area contributed by atoms with Gasteiger partial charge in [0.2, 0.25) is 0 Å². The Morgan fingerprint density at radius 2 is 2.21 bits per heavy atom. The molecule has 4 atom stereocenters. The van der Waals surface area contributed by atoms with E-state index >= 15 is 0 Å². The number of nitro benzene ring substituents is 1. The summed E-state index contributed by atoms with van der Waals surface area (Å²) < 4.78 is 0. The molecule has 3 aliphatic carbocycles. The molecule has 0 spiro atoms. The topological polar surface area (TPSA) is 43.1 Å². The van der Waals surface area contributed by atoms with Gasteiger partial charge in [0.1, 0.15) is 0 Å². The van der Waals surface area contributed by atoms with Gasteiger partial charge in [-0.2, -0.15) is 0 Å². The normalized spacial score (nSPS) is 39.7. The molecule has 0 N–H and O–H groups in total. The first-order chi connectivity index (χ1) is 6.77. The lowest BCUT2D eigenvalue weighted by Crippen LogP contribution is -2.14. The third kappa shape index (κ3) is 0.567. The first-order valence-electron chi connectivity index (χ1n) is 5.05. The SMILES string of the molecule is O=[N+]([O-])c1ccc2c(c1)[C@@H]1C[C@H]3[C@@H]2[C@H]31. The van der Waals surface area contributed by atoms with E-state index in [9.17, 15) is 10.1 Å². The quantitative estimate of drug-likeness (QED) is 0.500. The Hall–Kier alpha value is -1.38. The number of fused-ring (bicyclic) bond motifs is 4. The van der Waals surface area contributed by atoms with Crippen LogP contribution in [0.4, 0.5) is 5.69 Å². The minimum absolute atomic E-state index is 0.258. The summed E-state index contributed by atoms with van der Waals surface area (Å²) in [5, 5.41) is 10.6. The summed E-state index contributed by atoms with van der Waals surface area (Å²) in [5.74, 6) is 3.25. The number of hydrogen-bond acceptors (Lipinski definition) is 2. The molecule has 0 heterocycles. The second-order valence-electron chi connectivity index (χ2n) is 4.68. The summed E-state index contributed by atoms with van der Waals surface area (Å²) in [6.07, 6.45) is 1.28. The Bertz CT molecular complexity index is 468. The molecule has 1 aromatic carbocycles. The molecule has 70 valence electrons. The van der Waals surface area contributed by atoms with E-state index in [1.807, 2.05) is 6.07 Å². The Kier molecular flexibility index (Phi) is 0.923. The van der Waals surface area contributed by atoms with Crippen molar-refractivity contribution in [3.8, 4) is 0 Å². The zero-order chi connectivity index (χ0) is 9.45. The average molecular weight is 187 g/mol. The minimum Gasteiger partial charge on any atom is -0.258 e. The third-order valence-electron chi connectivity index (χ3n) is 4.26. The van der Waals surface area contributed by atoms with Gasteiger partial charge >= 0.3 is 0 Å². The molecule has 3 heteroatoms. The molecule has 2 fully saturated rings. The van der Waals surface area contributed by atoms with Crippen LogP contribution in [0.15, 0.2) is 18.2 Å². The molecule has 0 amide bonds. The van der Waals surface area contributed by atoms with Gasteiger partial charge in [-0.05, 0) is 41.2 Å². The van der Waals surface area contributed by atoms with Crippen molar-refractivity contribution < 1.29 is 4.92 Å². The maximum absolute atomic E-state index is 10.6. The summed E-state index contributed by atoms with van der Waals surface area (Å²) in [6.45, 7) is 0. The number of nitro groups is 1. The van der Waals surface area contributed by atoms with Crippen LogP contribution >= 0.6 is 0 Å². The molecule has 0 saturated heterocycles. The summed E-state index contributed by atoms with van der Waals surface area (Å²) in [7, 11) is 0. The lowest BCUT2D eigenvalue weighted by Gasteiger charge is -2.26. The number of non-ortho nitro benzene ring substituents is 1. The molecule has 0 unspecified atom stereocenters. The van der Waals surface area contributed by atoms with Crippen molar-refractivity contribution in [2.24, 2.45) is 11.8 Å². The van der Waals surface area contributed by atoms with E-state index in [-0.39, 0.29) is 10.6 Å². The van der Waals surface area contributed by atoms with Gasteiger partial charge in [-0.3, -0.25) is 10.1 Å². The van der Waals surface area contributed by atoms with Crippen molar-refractivity contribution in [3.05, 3.63) is 39.4 Å². The van der Waals surface area contributed by atoms with E-state index in [1.165, 1.54) is 17.5 Å². The molecular weight excluding hydrogens is 178 g/mol. The molecule has 0 aliphatic heterocycles. The van der Waals surface area contributed by atoms with Crippen LogP contribution in [0.5, 0.6) is 0 Å². The van der Waals surface area contributed by atoms with Gasteiger partial charge in [-0.25, -0.2) is 0 Å². The molecule has 14 heavy (non-hydrogen) atoms. The van der Waals surface area contributed by atoms with Crippen molar-refractivity contribution in [3.63, 3.8) is 0 Å². The standard InChI is InChI=1S/C11H9NO2/c13-12(14)5-1-2-6-7(3-5)8-4-9-10(6)11(8)9/h1-3,8-11H,4H2/t8-,9-,10+,11-/m0/s1. The van der Waals surface area contributed by atoms with E-state index in [1.54, 1.807) is 12.1 Å². The minimum atomic E-state index is -0.291. The van der Waals surface area contributed by atoms with E-state index < -0.39 is 0 Å². The van der Waals surface area contributed by atoms with Gasteiger partial charge in [-0.1, -0.05) is 6.07 Å². The Morgan fingerprint density at radius 1 is 1.36 bits per heavy atom. The molecule has 3 nitrogen and oxygen atoms in total. The van der Waals surface area contributed by atoms with E-state index in [0.717, 1.165) is 17.8 Å². The zero-order valence-corrected chi connectivity index (χ0v) is 7.51. The Labute approximate surface area is 80.9 Å². The van der Waals surface area contributed by atoms with Gasteiger partial charge in [0.05, 0.1) is 4.92 Å². The maximum Gasteiger partial charge on any atom is 0.269 e. The molecule has 2 saturated carbocycles. The summed E-state index contributed by atoms with van der Waals surface area (Å²) in [6, 6.07) is 5.42. The van der Waals surface area contributed by atoms with Crippen LogP contribution < -0.4 is 0 Å². The highest BCUT2D eigenvalue weighted by molar-refractivity contribution is 5.55. The third-order valence-corrected chi connectivity index (χ3v) is 4.26. The molecule has 0 radical (unpaired) electrons. The number of hydrogen-bond donors (Lipinski definition) is 0. The van der Waals surface area contributed by atoms with Crippen molar-refractivity contribution >= 4 is 5.69 Å². The second kappa shape index (κ2) is 1.85. The smallest absolute Gasteiger partial charge is 0.258 e. The molecule has 3 aliphatic rings. The highest BCUT2D eigenvalue weighted by Gasteiger charge is 2.68. The summed E-state index contributed by atoms with van der Waals surface area (Å²) in [5.41, 5.74) is 2.94. The van der Waals surface area contributed by atoms with E-state index in [4.69, 9.17) is 0 Å². The van der Waals surface area contributed by atoms with Crippen LogP contribution in [0.2, 0.25) is 0 Å². The molecule has 0 aromatic heterocycles.